The Labute approximate surface area is 220 Å². The van der Waals surface area contributed by atoms with E-state index in [0.717, 1.165) is 44.3 Å². The number of unbranched alkanes of at least 4 members (excludes halogenated alkanes) is 3. The minimum Gasteiger partial charge on any atom is -0.339 e. The third-order valence-electron chi connectivity index (χ3n) is 9.18. The van der Waals surface area contributed by atoms with E-state index < -0.39 is 5.54 Å². The maximum atomic E-state index is 13.5. The second-order valence-corrected chi connectivity index (χ2v) is 11.4. The molecule has 198 valence electrons. The van der Waals surface area contributed by atoms with Gasteiger partial charge in [0.05, 0.1) is 6.67 Å². The maximum Gasteiger partial charge on any atom is 0.247 e. The lowest BCUT2D eigenvalue weighted by Gasteiger charge is -2.51. The molecule has 1 aromatic carbocycles. The van der Waals surface area contributed by atoms with E-state index in [1.807, 2.05) is 7.05 Å². The standard InChI is InChI=1S/C29H48N4O.ClH/c1-23(2)24-14-16-26(17-15-24)32-20-18-29(25(21-32)11-7-4-5-10-19-30-3)28(34)31-22-33(29)27-12-8-6-9-13-27;/h6,8-9,12-13,23-26,30H,4-5,7,10-11,14-22H2,1-3H3,(H,31,34);1H/t24?,25-,26?,29+;/m0./s1. The smallest absolute Gasteiger partial charge is 0.247 e. The highest BCUT2D eigenvalue weighted by molar-refractivity contribution is 5.94. The third-order valence-corrected chi connectivity index (χ3v) is 9.18. The Morgan fingerprint density at radius 2 is 1.77 bits per heavy atom. The molecule has 2 aliphatic heterocycles. The fraction of sp³-hybridized carbons (Fsp3) is 0.759. The lowest BCUT2D eigenvalue weighted by atomic mass is 9.72. The summed E-state index contributed by atoms with van der Waals surface area (Å²) in [5.74, 6) is 2.36. The molecule has 0 bridgehead atoms. The van der Waals surface area contributed by atoms with Gasteiger partial charge in [-0.25, -0.2) is 0 Å². The van der Waals surface area contributed by atoms with Crippen LogP contribution in [0.3, 0.4) is 0 Å². The van der Waals surface area contributed by atoms with Gasteiger partial charge in [-0.05, 0) is 82.5 Å². The number of hydrogen-bond donors (Lipinski definition) is 2. The minimum absolute atomic E-state index is 0. The fourth-order valence-corrected chi connectivity index (χ4v) is 7.04. The molecule has 1 saturated carbocycles. The Balaban J connectivity index is 0.00000342. The molecule has 2 heterocycles. The predicted octanol–water partition coefficient (Wildman–Crippen LogP) is 5.45. The lowest BCUT2D eigenvalue weighted by Crippen LogP contribution is -2.63. The van der Waals surface area contributed by atoms with Crippen molar-refractivity contribution in [1.29, 1.82) is 0 Å². The van der Waals surface area contributed by atoms with E-state index in [1.54, 1.807) is 0 Å². The van der Waals surface area contributed by atoms with Crippen molar-refractivity contribution in [1.82, 2.24) is 15.5 Å². The largest absolute Gasteiger partial charge is 0.339 e. The molecule has 5 nitrogen and oxygen atoms in total. The molecule has 2 atom stereocenters. The number of anilines is 1. The molecule has 1 aromatic rings. The first-order valence-corrected chi connectivity index (χ1v) is 14.1. The van der Waals surface area contributed by atoms with Crippen LogP contribution < -0.4 is 15.5 Å². The zero-order valence-electron chi connectivity index (χ0n) is 22.3. The van der Waals surface area contributed by atoms with Crippen LogP contribution in [-0.4, -0.2) is 55.7 Å². The van der Waals surface area contributed by atoms with Crippen LogP contribution >= 0.6 is 12.4 Å². The maximum absolute atomic E-state index is 13.5. The van der Waals surface area contributed by atoms with Crippen LogP contribution in [-0.2, 0) is 4.79 Å². The first-order valence-electron chi connectivity index (χ1n) is 14.1. The number of amides is 1. The van der Waals surface area contributed by atoms with Gasteiger partial charge < -0.3 is 15.5 Å². The Hall–Kier alpha value is -1.30. The van der Waals surface area contributed by atoms with Gasteiger partial charge in [0.25, 0.3) is 0 Å². The zero-order chi connectivity index (χ0) is 24.0. The molecule has 3 fully saturated rings. The van der Waals surface area contributed by atoms with Gasteiger partial charge in [-0.15, -0.1) is 12.4 Å². The number of carbonyl (C=O) groups is 1. The van der Waals surface area contributed by atoms with Crippen molar-refractivity contribution in [3.05, 3.63) is 30.3 Å². The van der Waals surface area contributed by atoms with Crippen molar-refractivity contribution in [2.45, 2.75) is 89.6 Å². The number of nitrogens with one attached hydrogen (secondary N) is 2. The monoisotopic (exact) mass is 504 g/mol. The number of rotatable bonds is 10. The summed E-state index contributed by atoms with van der Waals surface area (Å²) in [7, 11) is 2.03. The summed E-state index contributed by atoms with van der Waals surface area (Å²) in [5, 5.41) is 6.51. The number of piperidine rings is 1. The highest BCUT2D eigenvalue weighted by atomic mass is 35.5. The molecule has 1 aliphatic carbocycles. The zero-order valence-corrected chi connectivity index (χ0v) is 23.1. The van der Waals surface area contributed by atoms with Crippen LogP contribution in [0, 0.1) is 17.8 Å². The lowest BCUT2D eigenvalue weighted by molar-refractivity contribution is -0.128. The van der Waals surface area contributed by atoms with Crippen LogP contribution in [0.1, 0.15) is 78.1 Å². The molecule has 2 saturated heterocycles. The third kappa shape index (κ3) is 6.34. The first kappa shape index (κ1) is 28.3. The normalized spacial score (nSPS) is 29.4. The van der Waals surface area contributed by atoms with Gasteiger partial charge in [0.2, 0.25) is 5.91 Å². The molecular weight excluding hydrogens is 456 g/mol. The van der Waals surface area contributed by atoms with Crippen LogP contribution in [0.25, 0.3) is 0 Å². The summed E-state index contributed by atoms with van der Waals surface area (Å²) < 4.78 is 0. The predicted molar refractivity (Wildman–Crippen MR) is 149 cm³/mol. The highest BCUT2D eigenvalue weighted by Gasteiger charge is 2.56. The summed E-state index contributed by atoms with van der Waals surface area (Å²) in [5.41, 5.74) is 0.795. The summed E-state index contributed by atoms with van der Waals surface area (Å²) in [4.78, 5) is 18.7. The molecule has 1 amide bonds. The van der Waals surface area contributed by atoms with Crippen molar-refractivity contribution in [3.8, 4) is 0 Å². The van der Waals surface area contributed by atoms with E-state index >= 15 is 0 Å². The van der Waals surface area contributed by atoms with Gasteiger partial charge in [-0.3, -0.25) is 9.69 Å². The Morgan fingerprint density at radius 1 is 1.06 bits per heavy atom. The number of para-hydroxylation sites is 1. The number of halogens is 1. The van der Waals surface area contributed by atoms with Crippen molar-refractivity contribution in [2.24, 2.45) is 17.8 Å². The van der Waals surface area contributed by atoms with E-state index in [2.05, 4.69) is 64.6 Å². The van der Waals surface area contributed by atoms with E-state index in [-0.39, 0.29) is 18.3 Å². The first-order chi connectivity index (χ1) is 16.6. The van der Waals surface area contributed by atoms with E-state index in [4.69, 9.17) is 0 Å². The second kappa shape index (κ2) is 13.3. The molecule has 35 heavy (non-hydrogen) atoms. The minimum atomic E-state index is -0.391. The fourth-order valence-electron chi connectivity index (χ4n) is 7.04. The molecule has 3 aliphatic rings. The summed E-state index contributed by atoms with van der Waals surface area (Å²) in [6.45, 7) is 8.64. The van der Waals surface area contributed by atoms with Crippen LogP contribution in [0.2, 0.25) is 0 Å². The van der Waals surface area contributed by atoms with E-state index in [0.29, 0.717) is 18.6 Å². The highest BCUT2D eigenvalue weighted by Crippen LogP contribution is 2.44. The van der Waals surface area contributed by atoms with Crippen molar-refractivity contribution in [3.63, 3.8) is 0 Å². The molecule has 0 aromatic heterocycles. The van der Waals surface area contributed by atoms with Crippen LogP contribution in [0.15, 0.2) is 30.3 Å². The molecule has 4 rings (SSSR count). The number of nitrogens with zero attached hydrogens (tertiary/aromatic N) is 2. The Bertz CT molecular complexity index is 767. The molecule has 0 radical (unpaired) electrons. The van der Waals surface area contributed by atoms with Crippen molar-refractivity contribution >= 4 is 24.0 Å². The van der Waals surface area contributed by atoms with Gasteiger partial charge in [0.15, 0.2) is 0 Å². The number of likely N-dealkylation sites (tertiary alicyclic amines) is 1. The summed E-state index contributed by atoms with van der Waals surface area (Å²) in [6.07, 6.45) is 12.5. The van der Waals surface area contributed by atoms with Crippen molar-refractivity contribution in [2.75, 3.05) is 38.3 Å². The Morgan fingerprint density at radius 3 is 2.46 bits per heavy atom. The SMILES string of the molecule is CNCCCCCC[C@H]1CN(C2CCC(C(C)C)CC2)CC[C@]12C(=O)NCN2c1ccccc1.Cl. The molecule has 0 unspecified atom stereocenters. The molecule has 6 heteroatoms. The van der Waals surface area contributed by atoms with Gasteiger partial charge in [0.1, 0.15) is 5.54 Å². The summed E-state index contributed by atoms with van der Waals surface area (Å²) >= 11 is 0. The topological polar surface area (TPSA) is 47.6 Å². The number of benzene rings is 1. The van der Waals surface area contributed by atoms with E-state index in [9.17, 15) is 4.79 Å². The number of carbonyl (C=O) groups excluding carboxylic acids is 1. The summed E-state index contributed by atoms with van der Waals surface area (Å²) in [6, 6.07) is 11.3. The second-order valence-electron chi connectivity index (χ2n) is 11.4. The van der Waals surface area contributed by atoms with Gasteiger partial charge >= 0.3 is 0 Å². The molecule has 1 spiro atoms. The van der Waals surface area contributed by atoms with Gasteiger partial charge in [-0.1, -0.05) is 51.3 Å². The number of hydrogen-bond acceptors (Lipinski definition) is 4. The molecule has 2 N–H and O–H groups in total. The van der Waals surface area contributed by atoms with E-state index in [1.165, 1.54) is 57.1 Å². The van der Waals surface area contributed by atoms with Gasteiger partial charge in [-0.2, -0.15) is 0 Å². The quantitative estimate of drug-likeness (QED) is 0.416. The van der Waals surface area contributed by atoms with Crippen molar-refractivity contribution < 1.29 is 4.79 Å². The Kier molecular flexibility index (Phi) is 10.7. The van der Waals surface area contributed by atoms with Crippen LogP contribution in [0.4, 0.5) is 5.69 Å². The van der Waals surface area contributed by atoms with Gasteiger partial charge in [0, 0.05) is 30.7 Å². The van der Waals surface area contributed by atoms with Crippen LogP contribution in [0.5, 0.6) is 0 Å². The average Bonchev–Trinajstić information content (AvgIpc) is 3.19. The average molecular weight is 505 g/mol. The molecular formula is C29H49ClN4O.